The van der Waals surface area contributed by atoms with E-state index in [1.54, 1.807) is 0 Å². The number of benzene rings is 1. The second-order valence-electron chi connectivity index (χ2n) is 3.15. The SMILES string of the molecule is C/C(=N/Nc1ccccc1Cl)N(C)C. The first-order chi connectivity index (χ1) is 6.61. The zero-order chi connectivity index (χ0) is 10.6. The summed E-state index contributed by atoms with van der Waals surface area (Å²) in [5.41, 5.74) is 3.72. The molecule has 0 radical (unpaired) electrons. The Balaban J connectivity index is 2.71. The number of anilines is 1. The van der Waals surface area contributed by atoms with Gasteiger partial charge in [0.05, 0.1) is 10.7 Å². The van der Waals surface area contributed by atoms with E-state index in [1.165, 1.54) is 0 Å². The van der Waals surface area contributed by atoms with E-state index in [1.807, 2.05) is 50.2 Å². The molecule has 0 fully saturated rings. The molecule has 0 bridgehead atoms. The first kappa shape index (κ1) is 10.9. The molecular weight excluding hydrogens is 198 g/mol. The quantitative estimate of drug-likeness (QED) is 0.463. The van der Waals surface area contributed by atoms with Gasteiger partial charge in [-0.3, -0.25) is 5.43 Å². The minimum absolute atomic E-state index is 0.669. The predicted octanol–water partition coefficient (Wildman–Crippen LogP) is 2.65. The fourth-order valence-corrected chi connectivity index (χ4v) is 0.971. The van der Waals surface area contributed by atoms with Crippen LogP contribution < -0.4 is 5.43 Å². The molecule has 1 aromatic carbocycles. The Labute approximate surface area is 89.4 Å². The summed E-state index contributed by atoms with van der Waals surface area (Å²) in [7, 11) is 3.88. The molecule has 3 nitrogen and oxygen atoms in total. The van der Waals surface area contributed by atoms with Gasteiger partial charge in [0.2, 0.25) is 0 Å². The molecule has 0 aromatic heterocycles. The highest BCUT2D eigenvalue weighted by molar-refractivity contribution is 6.33. The van der Waals surface area contributed by atoms with Crippen LogP contribution in [0.25, 0.3) is 0 Å². The molecule has 0 spiro atoms. The smallest absolute Gasteiger partial charge is 0.121 e. The maximum absolute atomic E-state index is 5.94. The number of hydrogen-bond donors (Lipinski definition) is 1. The van der Waals surface area contributed by atoms with Gasteiger partial charge in [0, 0.05) is 14.1 Å². The normalized spacial score (nSPS) is 11.3. The molecule has 0 heterocycles. The number of halogens is 1. The zero-order valence-electron chi connectivity index (χ0n) is 8.58. The predicted molar refractivity (Wildman–Crippen MR) is 61.9 cm³/mol. The number of amidine groups is 1. The number of hydrogen-bond acceptors (Lipinski definition) is 2. The molecule has 0 aliphatic rings. The number of hydrazone groups is 1. The minimum Gasteiger partial charge on any atom is -0.365 e. The van der Waals surface area contributed by atoms with Gasteiger partial charge in [0.1, 0.15) is 5.84 Å². The first-order valence-corrected chi connectivity index (χ1v) is 4.71. The summed E-state index contributed by atoms with van der Waals surface area (Å²) in [5, 5.41) is 4.83. The lowest BCUT2D eigenvalue weighted by Crippen LogP contribution is -2.19. The van der Waals surface area contributed by atoms with Crippen LogP contribution in [0.5, 0.6) is 0 Å². The summed E-state index contributed by atoms with van der Waals surface area (Å²) in [6.45, 7) is 1.92. The van der Waals surface area contributed by atoms with Crippen LogP contribution in [0.1, 0.15) is 6.92 Å². The standard InChI is InChI=1S/C10H14ClN3/c1-8(14(2)3)12-13-10-7-5-4-6-9(10)11/h4-7,13H,1-3H3/b12-8-. The van der Waals surface area contributed by atoms with E-state index >= 15 is 0 Å². The van der Waals surface area contributed by atoms with Crippen LogP contribution in [0, 0.1) is 0 Å². The highest BCUT2D eigenvalue weighted by Gasteiger charge is 1.97. The number of rotatable bonds is 2. The maximum Gasteiger partial charge on any atom is 0.121 e. The van der Waals surface area contributed by atoms with Crippen molar-refractivity contribution in [3.05, 3.63) is 29.3 Å². The molecule has 0 amide bonds. The summed E-state index contributed by atoms with van der Waals surface area (Å²) >= 11 is 5.94. The van der Waals surface area contributed by atoms with Gasteiger partial charge in [-0.05, 0) is 19.1 Å². The van der Waals surface area contributed by atoms with Gasteiger partial charge in [-0.15, -0.1) is 0 Å². The minimum atomic E-state index is 0.669. The molecule has 76 valence electrons. The lowest BCUT2D eigenvalue weighted by atomic mass is 10.3. The highest BCUT2D eigenvalue weighted by Crippen LogP contribution is 2.20. The molecule has 0 aliphatic carbocycles. The van der Waals surface area contributed by atoms with Crippen molar-refractivity contribution < 1.29 is 0 Å². The topological polar surface area (TPSA) is 27.6 Å². The van der Waals surface area contributed by atoms with Gasteiger partial charge in [0.15, 0.2) is 0 Å². The maximum atomic E-state index is 5.94. The van der Waals surface area contributed by atoms with Crippen LogP contribution in [0.15, 0.2) is 29.4 Å². The number of nitrogens with zero attached hydrogens (tertiary/aromatic N) is 2. The molecular formula is C10H14ClN3. The Kier molecular flexibility index (Phi) is 3.77. The van der Waals surface area contributed by atoms with Gasteiger partial charge in [0.25, 0.3) is 0 Å². The first-order valence-electron chi connectivity index (χ1n) is 4.33. The molecule has 1 rings (SSSR count). The summed E-state index contributed by atoms with van der Waals surface area (Å²) in [5.74, 6) is 0.893. The lowest BCUT2D eigenvalue weighted by Gasteiger charge is -2.11. The van der Waals surface area contributed by atoms with Gasteiger partial charge in [-0.2, -0.15) is 5.10 Å². The average molecular weight is 212 g/mol. The lowest BCUT2D eigenvalue weighted by molar-refractivity contribution is 0.617. The van der Waals surface area contributed by atoms with Crippen molar-refractivity contribution >= 4 is 23.1 Å². The van der Waals surface area contributed by atoms with Crippen LogP contribution >= 0.6 is 11.6 Å². The number of nitrogens with one attached hydrogen (secondary N) is 1. The van der Waals surface area contributed by atoms with Crippen molar-refractivity contribution in [1.29, 1.82) is 0 Å². The van der Waals surface area contributed by atoms with Gasteiger partial charge >= 0.3 is 0 Å². The third kappa shape index (κ3) is 2.92. The highest BCUT2D eigenvalue weighted by atomic mass is 35.5. The summed E-state index contributed by atoms with van der Waals surface area (Å²) in [4.78, 5) is 1.92. The molecule has 0 saturated heterocycles. The van der Waals surface area contributed by atoms with Crippen LogP contribution in [0.3, 0.4) is 0 Å². The fourth-order valence-electron chi connectivity index (χ4n) is 0.793. The van der Waals surface area contributed by atoms with Crippen molar-refractivity contribution in [2.75, 3.05) is 19.5 Å². The Hall–Kier alpha value is -1.22. The van der Waals surface area contributed by atoms with E-state index < -0.39 is 0 Å². The fraction of sp³-hybridized carbons (Fsp3) is 0.300. The van der Waals surface area contributed by atoms with E-state index in [4.69, 9.17) is 11.6 Å². The van der Waals surface area contributed by atoms with Crippen molar-refractivity contribution in [1.82, 2.24) is 4.90 Å². The Bertz CT molecular complexity index is 334. The molecule has 14 heavy (non-hydrogen) atoms. The van der Waals surface area contributed by atoms with Crippen molar-refractivity contribution in [2.24, 2.45) is 5.10 Å². The van der Waals surface area contributed by atoms with Gasteiger partial charge < -0.3 is 4.90 Å². The largest absolute Gasteiger partial charge is 0.365 e. The molecule has 4 heteroatoms. The van der Waals surface area contributed by atoms with E-state index in [-0.39, 0.29) is 0 Å². The number of para-hydroxylation sites is 1. The molecule has 0 saturated carbocycles. The zero-order valence-corrected chi connectivity index (χ0v) is 9.34. The van der Waals surface area contributed by atoms with Crippen LogP contribution in [0.4, 0.5) is 5.69 Å². The third-order valence-electron chi connectivity index (χ3n) is 1.86. The summed E-state index contributed by atoms with van der Waals surface area (Å²) < 4.78 is 0. The van der Waals surface area contributed by atoms with E-state index in [0.29, 0.717) is 5.02 Å². The molecule has 1 aromatic rings. The van der Waals surface area contributed by atoms with E-state index in [0.717, 1.165) is 11.5 Å². The molecule has 0 atom stereocenters. The Morgan fingerprint density at radius 3 is 2.57 bits per heavy atom. The molecule has 0 aliphatic heterocycles. The van der Waals surface area contributed by atoms with Crippen LogP contribution in [0.2, 0.25) is 5.02 Å². The second kappa shape index (κ2) is 4.86. The third-order valence-corrected chi connectivity index (χ3v) is 2.19. The Morgan fingerprint density at radius 2 is 2.00 bits per heavy atom. The van der Waals surface area contributed by atoms with Gasteiger partial charge in [-0.25, -0.2) is 0 Å². The summed E-state index contributed by atoms with van der Waals surface area (Å²) in [6, 6.07) is 7.50. The van der Waals surface area contributed by atoms with E-state index in [2.05, 4.69) is 10.5 Å². The molecule has 1 N–H and O–H groups in total. The second-order valence-corrected chi connectivity index (χ2v) is 3.55. The molecule has 0 unspecified atom stereocenters. The van der Waals surface area contributed by atoms with E-state index in [9.17, 15) is 0 Å². The van der Waals surface area contributed by atoms with Crippen LogP contribution in [-0.4, -0.2) is 24.8 Å². The van der Waals surface area contributed by atoms with Crippen molar-refractivity contribution in [3.8, 4) is 0 Å². The average Bonchev–Trinajstić information content (AvgIpc) is 2.16. The monoisotopic (exact) mass is 211 g/mol. The summed E-state index contributed by atoms with van der Waals surface area (Å²) in [6.07, 6.45) is 0. The Morgan fingerprint density at radius 1 is 1.36 bits per heavy atom. The van der Waals surface area contributed by atoms with Crippen molar-refractivity contribution in [3.63, 3.8) is 0 Å². The van der Waals surface area contributed by atoms with Crippen LogP contribution in [-0.2, 0) is 0 Å². The van der Waals surface area contributed by atoms with Crippen molar-refractivity contribution in [2.45, 2.75) is 6.92 Å². The van der Waals surface area contributed by atoms with Gasteiger partial charge in [-0.1, -0.05) is 23.7 Å².